The molecule has 6 nitrogen and oxygen atoms in total. The SMILES string of the molecule is CCC(CS(=O)(=O)N[C@H](C)C(=O)O)OC. The van der Waals surface area contributed by atoms with Crippen molar-refractivity contribution in [2.24, 2.45) is 0 Å². The third-order valence-electron chi connectivity index (χ3n) is 1.92. The highest BCUT2D eigenvalue weighted by molar-refractivity contribution is 7.89. The van der Waals surface area contributed by atoms with Crippen molar-refractivity contribution in [1.29, 1.82) is 0 Å². The molecule has 0 aromatic carbocycles. The number of aliphatic carboxylic acids is 1. The van der Waals surface area contributed by atoms with Gasteiger partial charge in [0.05, 0.1) is 11.9 Å². The van der Waals surface area contributed by atoms with Crippen molar-refractivity contribution in [2.45, 2.75) is 32.4 Å². The molecule has 0 fully saturated rings. The Morgan fingerprint density at radius 2 is 2.07 bits per heavy atom. The number of nitrogens with one attached hydrogen (secondary N) is 1. The van der Waals surface area contributed by atoms with Crippen molar-refractivity contribution in [2.75, 3.05) is 12.9 Å². The number of methoxy groups -OCH3 is 1. The molecule has 0 saturated carbocycles. The van der Waals surface area contributed by atoms with Crippen molar-refractivity contribution in [1.82, 2.24) is 4.72 Å². The molecule has 0 rings (SSSR count). The molecule has 0 radical (unpaired) electrons. The van der Waals surface area contributed by atoms with Crippen LogP contribution in [0.25, 0.3) is 0 Å². The second-order valence-corrected chi connectivity index (χ2v) is 5.02. The summed E-state index contributed by atoms with van der Waals surface area (Å²) in [5, 5.41) is 8.54. The van der Waals surface area contributed by atoms with Gasteiger partial charge < -0.3 is 9.84 Å². The van der Waals surface area contributed by atoms with Gasteiger partial charge in [0.15, 0.2) is 0 Å². The van der Waals surface area contributed by atoms with Crippen molar-refractivity contribution in [3.8, 4) is 0 Å². The maximum absolute atomic E-state index is 11.4. The fraction of sp³-hybridized carbons (Fsp3) is 0.875. The van der Waals surface area contributed by atoms with Crippen molar-refractivity contribution < 1.29 is 23.1 Å². The van der Waals surface area contributed by atoms with Crippen LogP contribution in [0.1, 0.15) is 20.3 Å². The average Bonchev–Trinajstić information content (AvgIpc) is 2.13. The predicted molar refractivity (Wildman–Crippen MR) is 55.1 cm³/mol. The van der Waals surface area contributed by atoms with E-state index in [4.69, 9.17) is 9.84 Å². The minimum absolute atomic E-state index is 0.225. The van der Waals surface area contributed by atoms with Gasteiger partial charge in [0, 0.05) is 7.11 Å². The zero-order chi connectivity index (χ0) is 12.1. The monoisotopic (exact) mass is 239 g/mol. The molecule has 0 saturated heterocycles. The molecule has 15 heavy (non-hydrogen) atoms. The number of hydrogen-bond donors (Lipinski definition) is 2. The lowest BCUT2D eigenvalue weighted by Crippen LogP contribution is -2.42. The Kier molecular flexibility index (Phi) is 5.77. The summed E-state index contributed by atoms with van der Waals surface area (Å²) in [7, 11) is -2.18. The fourth-order valence-electron chi connectivity index (χ4n) is 0.965. The highest BCUT2D eigenvalue weighted by atomic mass is 32.2. The van der Waals surface area contributed by atoms with Gasteiger partial charge in [-0.1, -0.05) is 6.92 Å². The largest absolute Gasteiger partial charge is 0.480 e. The van der Waals surface area contributed by atoms with E-state index in [1.54, 1.807) is 6.92 Å². The Morgan fingerprint density at radius 3 is 2.40 bits per heavy atom. The van der Waals surface area contributed by atoms with Crippen LogP contribution in [-0.2, 0) is 19.6 Å². The molecule has 0 amide bonds. The molecule has 90 valence electrons. The van der Waals surface area contributed by atoms with Crippen molar-refractivity contribution in [3.63, 3.8) is 0 Å². The Hall–Kier alpha value is -0.660. The third-order valence-corrected chi connectivity index (χ3v) is 3.44. The summed E-state index contributed by atoms with van der Waals surface area (Å²) in [5.74, 6) is -1.43. The molecule has 0 aliphatic heterocycles. The second kappa shape index (κ2) is 6.04. The van der Waals surface area contributed by atoms with Gasteiger partial charge in [-0.2, -0.15) is 0 Å². The molecular formula is C8H17NO5S. The Morgan fingerprint density at radius 1 is 1.53 bits per heavy atom. The van der Waals surface area contributed by atoms with Crippen molar-refractivity contribution >= 4 is 16.0 Å². The van der Waals surface area contributed by atoms with E-state index in [-0.39, 0.29) is 5.75 Å². The Labute approximate surface area is 89.7 Å². The first kappa shape index (κ1) is 14.3. The van der Waals surface area contributed by atoms with Crippen LogP contribution in [0.5, 0.6) is 0 Å². The summed E-state index contributed by atoms with van der Waals surface area (Å²) < 4.78 is 29.8. The van der Waals surface area contributed by atoms with E-state index in [0.29, 0.717) is 6.42 Å². The number of carboxylic acid groups (broad SMARTS) is 1. The lowest BCUT2D eigenvalue weighted by molar-refractivity contribution is -0.138. The van der Waals surface area contributed by atoms with Gasteiger partial charge in [-0.15, -0.1) is 0 Å². The summed E-state index contributed by atoms with van der Waals surface area (Å²) in [5.41, 5.74) is 0. The van der Waals surface area contributed by atoms with Crippen LogP contribution in [-0.4, -0.2) is 44.5 Å². The highest BCUT2D eigenvalue weighted by Gasteiger charge is 2.22. The van der Waals surface area contributed by atoms with E-state index in [0.717, 1.165) is 0 Å². The second-order valence-electron chi connectivity index (χ2n) is 3.23. The summed E-state index contributed by atoms with van der Waals surface area (Å²) >= 11 is 0. The first-order valence-electron chi connectivity index (χ1n) is 4.58. The van der Waals surface area contributed by atoms with Gasteiger partial charge in [0.25, 0.3) is 0 Å². The molecule has 1 unspecified atom stereocenters. The van der Waals surface area contributed by atoms with E-state index in [1.807, 2.05) is 4.72 Å². The first-order valence-corrected chi connectivity index (χ1v) is 6.23. The zero-order valence-corrected chi connectivity index (χ0v) is 9.87. The molecular weight excluding hydrogens is 222 g/mol. The number of carboxylic acids is 1. The topological polar surface area (TPSA) is 92.7 Å². The number of ether oxygens (including phenoxy) is 1. The Bertz CT molecular complexity index is 296. The van der Waals surface area contributed by atoms with E-state index in [2.05, 4.69) is 0 Å². The van der Waals surface area contributed by atoms with Gasteiger partial charge in [-0.25, -0.2) is 13.1 Å². The van der Waals surface area contributed by atoms with E-state index >= 15 is 0 Å². The quantitative estimate of drug-likeness (QED) is 0.642. The van der Waals surface area contributed by atoms with E-state index in [9.17, 15) is 13.2 Å². The molecule has 0 heterocycles. The van der Waals surface area contributed by atoms with Crippen LogP contribution in [0.3, 0.4) is 0 Å². The van der Waals surface area contributed by atoms with E-state index in [1.165, 1.54) is 14.0 Å². The Balaban J connectivity index is 4.37. The summed E-state index contributed by atoms with van der Waals surface area (Å²) in [6.45, 7) is 3.07. The number of hydrogen-bond acceptors (Lipinski definition) is 4. The highest BCUT2D eigenvalue weighted by Crippen LogP contribution is 2.01. The summed E-state index contributed by atoms with van der Waals surface area (Å²) in [4.78, 5) is 10.4. The molecule has 2 atom stereocenters. The maximum Gasteiger partial charge on any atom is 0.321 e. The molecule has 7 heteroatoms. The molecule has 0 spiro atoms. The fourth-order valence-corrected chi connectivity index (χ4v) is 2.56. The van der Waals surface area contributed by atoms with Crippen LogP contribution < -0.4 is 4.72 Å². The molecule has 0 aliphatic carbocycles. The third kappa shape index (κ3) is 5.71. The normalized spacial score (nSPS) is 15.9. The lowest BCUT2D eigenvalue weighted by Gasteiger charge is -2.15. The van der Waals surface area contributed by atoms with Crippen LogP contribution in [0.4, 0.5) is 0 Å². The minimum atomic E-state index is -3.61. The smallest absolute Gasteiger partial charge is 0.321 e. The van der Waals surface area contributed by atoms with Gasteiger partial charge in [-0.3, -0.25) is 4.79 Å². The number of sulfonamides is 1. The minimum Gasteiger partial charge on any atom is -0.480 e. The van der Waals surface area contributed by atoms with Crippen LogP contribution in [0.15, 0.2) is 0 Å². The lowest BCUT2D eigenvalue weighted by atomic mass is 10.3. The standard InChI is InChI=1S/C8H17NO5S/c1-4-7(14-3)5-15(12,13)9-6(2)8(10)11/h6-7,9H,4-5H2,1-3H3,(H,10,11)/t6-,7?/m1/s1. The molecule has 0 bridgehead atoms. The van der Waals surface area contributed by atoms with Gasteiger partial charge in [0.1, 0.15) is 6.04 Å². The van der Waals surface area contributed by atoms with Gasteiger partial charge >= 0.3 is 5.97 Å². The van der Waals surface area contributed by atoms with E-state index < -0.39 is 28.1 Å². The molecule has 2 N–H and O–H groups in total. The van der Waals surface area contributed by atoms with Gasteiger partial charge in [-0.05, 0) is 13.3 Å². The predicted octanol–water partition coefficient (Wildman–Crippen LogP) is -0.196. The van der Waals surface area contributed by atoms with Crippen LogP contribution >= 0.6 is 0 Å². The maximum atomic E-state index is 11.4. The summed E-state index contributed by atoms with van der Waals surface area (Å²) in [6, 6.07) is -1.12. The molecule has 0 aromatic heterocycles. The number of carbonyl (C=O) groups is 1. The van der Waals surface area contributed by atoms with Gasteiger partial charge in [0.2, 0.25) is 10.0 Å². The average molecular weight is 239 g/mol. The first-order chi connectivity index (χ1) is 6.82. The zero-order valence-electron chi connectivity index (χ0n) is 9.06. The van der Waals surface area contributed by atoms with Crippen molar-refractivity contribution in [3.05, 3.63) is 0 Å². The van der Waals surface area contributed by atoms with Crippen LogP contribution in [0.2, 0.25) is 0 Å². The number of rotatable bonds is 7. The summed E-state index contributed by atoms with van der Waals surface area (Å²) in [6.07, 6.45) is 0.141. The molecule has 0 aromatic rings. The molecule has 0 aliphatic rings. The van der Waals surface area contributed by atoms with Crippen LogP contribution in [0, 0.1) is 0 Å².